The third kappa shape index (κ3) is 8.73. The van der Waals surface area contributed by atoms with Crippen molar-refractivity contribution in [1.82, 2.24) is 10.6 Å². The molecule has 3 aromatic rings. The summed E-state index contributed by atoms with van der Waals surface area (Å²) in [5, 5.41) is 24.6. The van der Waals surface area contributed by atoms with Crippen LogP contribution >= 0.6 is 23.2 Å². The molecule has 41 heavy (non-hydrogen) atoms. The Balaban J connectivity index is 1.68. The number of carbonyl (C=O) groups excluding carboxylic acids is 2. The molecule has 0 unspecified atom stereocenters. The van der Waals surface area contributed by atoms with Gasteiger partial charge >= 0.3 is 11.9 Å². The highest BCUT2D eigenvalue weighted by molar-refractivity contribution is 6.18. The van der Waals surface area contributed by atoms with Gasteiger partial charge < -0.3 is 30.5 Å². The molecule has 12 heteroatoms. The highest BCUT2D eigenvalue weighted by atomic mass is 35.5. The topological polar surface area (TPSA) is 145 Å². The van der Waals surface area contributed by atoms with Crippen molar-refractivity contribution in [3.8, 4) is 11.5 Å². The van der Waals surface area contributed by atoms with Gasteiger partial charge in [-0.25, -0.2) is 4.79 Å². The van der Waals surface area contributed by atoms with E-state index in [0.717, 1.165) is 16.5 Å². The zero-order valence-corrected chi connectivity index (χ0v) is 23.8. The first kappa shape index (κ1) is 31.5. The molecule has 0 aromatic heterocycles. The van der Waals surface area contributed by atoms with E-state index in [1.54, 1.807) is 24.3 Å². The predicted octanol–water partition coefficient (Wildman–Crippen LogP) is 4.47. The van der Waals surface area contributed by atoms with Crippen LogP contribution in [0.15, 0.2) is 60.7 Å². The Morgan fingerprint density at radius 2 is 1.51 bits per heavy atom. The molecule has 2 amide bonds. The van der Waals surface area contributed by atoms with Crippen molar-refractivity contribution in [2.24, 2.45) is 0 Å². The molecule has 0 saturated heterocycles. The highest BCUT2D eigenvalue weighted by Crippen LogP contribution is 2.36. The second kappa shape index (κ2) is 15.1. The zero-order valence-electron chi connectivity index (χ0n) is 22.3. The van der Waals surface area contributed by atoms with E-state index in [0.29, 0.717) is 36.3 Å². The number of carbonyl (C=O) groups is 4. The summed E-state index contributed by atoms with van der Waals surface area (Å²) in [7, 11) is 0. The van der Waals surface area contributed by atoms with Crippen LogP contribution in [0, 0.1) is 0 Å². The minimum Gasteiger partial charge on any atom is -0.481 e. The van der Waals surface area contributed by atoms with Gasteiger partial charge in [-0.1, -0.05) is 24.3 Å². The lowest BCUT2D eigenvalue weighted by atomic mass is 10.1. The van der Waals surface area contributed by atoms with Crippen LogP contribution in [-0.4, -0.2) is 70.9 Å². The minimum absolute atomic E-state index is 0.260. The van der Waals surface area contributed by atoms with Crippen molar-refractivity contribution in [2.75, 3.05) is 29.7 Å². The quantitative estimate of drug-likeness (QED) is 0.186. The Kier molecular flexibility index (Phi) is 11.6. The van der Waals surface area contributed by atoms with Crippen LogP contribution in [0.3, 0.4) is 0 Å². The van der Waals surface area contributed by atoms with E-state index in [-0.39, 0.29) is 12.0 Å². The monoisotopic (exact) mass is 603 g/mol. The molecule has 2 atom stereocenters. The number of benzene rings is 3. The molecule has 0 aliphatic carbocycles. The molecule has 0 spiro atoms. The molecule has 0 saturated carbocycles. The van der Waals surface area contributed by atoms with Gasteiger partial charge in [-0.2, -0.15) is 0 Å². The number of anilines is 1. The molecule has 0 bridgehead atoms. The second-order valence-electron chi connectivity index (χ2n) is 9.15. The molecule has 0 aliphatic heterocycles. The van der Waals surface area contributed by atoms with E-state index in [1.165, 1.54) is 6.92 Å². The van der Waals surface area contributed by atoms with Gasteiger partial charge in [0.15, 0.2) is 0 Å². The lowest BCUT2D eigenvalue weighted by Gasteiger charge is -2.25. The number of halogens is 2. The van der Waals surface area contributed by atoms with Crippen molar-refractivity contribution in [2.45, 2.75) is 31.8 Å². The van der Waals surface area contributed by atoms with E-state index < -0.39 is 42.3 Å². The number of ether oxygens (including phenoxy) is 1. The van der Waals surface area contributed by atoms with Crippen LogP contribution in [0.5, 0.6) is 11.5 Å². The van der Waals surface area contributed by atoms with Gasteiger partial charge in [-0.3, -0.25) is 14.4 Å². The maximum atomic E-state index is 12.7. The van der Waals surface area contributed by atoms with Gasteiger partial charge in [0.2, 0.25) is 5.91 Å². The van der Waals surface area contributed by atoms with Crippen molar-refractivity contribution < 1.29 is 34.1 Å². The molecule has 0 aliphatic rings. The van der Waals surface area contributed by atoms with Crippen LogP contribution in [0.1, 0.15) is 30.1 Å². The third-order valence-corrected chi connectivity index (χ3v) is 6.60. The molecule has 0 fully saturated rings. The number of carboxylic acids is 2. The zero-order chi connectivity index (χ0) is 29.9. The number of fused-ring (bicyclic) bond motifs is 1. The van der Waals surface area contributed by atoms with E-state index in [9.17, 15) is 24.3 Å². The average molecular weight is 604 g/mol. The first-order valence-electron chi connectivity index (χ1n) is 12.9. The maximum absolute atomic E-state index is 12.7. The summed E-state index contributed by atoms with van der Waals surface area (Å²) in [5.41, 5.74) is 1.26. The van der Waals surface area contributed by atoms with Crippen LogP contribution in [0.25, 0.3) is 10.8 Å². The lowest BCUT2D eigenvalue weighted by Crippen LogP contribution is -2.50. The van der Waals surface area contributed by atoms with E-state index in [2.05, 4.69) is 15.5 Å². The van der Waals surface area contributed by atoms with Crippen LogP contribution in [0.2, 0.25) is 0 Å². The van der Waals surface area contributed by atoms with Crippen molar-refractivity contribution >= 4 is 63.4 Å². The second-order valence-corrected chi connectivity index (χ2v) is 9.90. The molecule has 3 rings (SSSR count). The van der Waals surface area contributed by atoms with Crippen LogP contribution in [-0.2, 0) is 14.4 Å². The first-order valence-corrected chi connectivity index (χ1v) is 13.9. The average Bonchev–Trinajstić information content (AvgIpc) is 2.95. The van der Waals surface area contributed by atoms with E-state index in [1.807, 2.05) is 36.4 Å². The van der Waals surface area contributed by atoms with Gasteiger partial charge in [-0.05, 0) is 49.7 Å². The summed E-state index contributed by atoms with van der Waals surface area (Å²) in [4.78, 5) is 49.3. The van der Waals surface area contributed by atoms with Crippen molar-refractivity contribution in [3.63, 3.8) is 0 Å². The molecule has 218 valence electrons. The number of nitrogens with zero attached hydrogens (tertiary/aromatic N) is 1. The molecule has 0 radical (unpaired) electrons. The Labute approximate surface area is 247 Å². The number of carboxylic acid groups (broad SMARTS) is 2. The van der Waals surface area contributed by atoms with Gasteiger partial charge in [0.1, 0.15) is 23.6 Å². The van der Waals surface area contributed by atoms with Crippen LogP contribution in [0.4, 0.5) is 5.69 Å². The van der Waals surface area contributed by atoms with Gasteiger partial charge in [0, 0.05) is 53.3 Å². The molecular formula is C29H31Cl2N3O7. The number of rotatable bonds is 15. The molecule has 10 nitrogen and oxygen atoms in total. The number of hydrogen-bond acceptors (Lipinski definition) is 6. The number of hydrogen-bond donors (Lipinski definition) is 4. The minimum atomic E-state index is -1.39. The van der Waals surface area contributed by atoms with Gasteiger partial charge in [0.25, 0.3) is 5.91 Å². The summed E-state index contributed by atoms with van der Waals surface area (Å²) >= 11 is 12.0. The Morgan fingerprint density at radius 3 is 2.10 bits per heavy atom. The lowest BCUT2D eigenvalue weighted by molar-refractivity contribution is -0.143. The fraction of sp³-hybridized carbons (Fsp3) is 0.310. The van der Waals surface area contributed by atoms with E-state index >= 15 is 0 Å². The van der Waals surface area contributed by atoms with E-state index in [4.69, 9.17) is 33.0 Å². The summed E-state index contributed by atoms with van der Waals surface area (Å²) in [6.45, 7) is 2.69. The molecule has 3 aromatic carbocycles. The van der Waals surface area contributed by atoms with Gasteiger partial charge in [-0.15, -0.1) is 23.2 Å². The Hall–Kier alpha value is -4.02. The number of alkyl halides is 2. The molecular weight excluding hydrogens is 573 g/mol. The fourth-order valence-corrected chi connectivity index (χ4v) is 4.55. The first-order chi connectivity index (χ1) is 19.6. The fourth-order valence-electron chi connectivity index (χ4n) is 4.15. The summed E-state index contributed by atoms with van der Waals surface area (Å²) in [6, 6.07) is 15.5. The Bertz CT molecular complexity index is 1380. The largest absolute Gasteiger partial charge is 0.481 e. The van der Waals surface area contributed by atoms with Crippen molar-refractivity contribution in [3.05, 3.63) is 66.2 Å². The summed E-state index contributed by atoms with van der Waals surface area (Å²) in [5.74, 6) is -1.80. The smallest absolute Gasteiger partial charge is 0.326 e. The van der Waals surface area contributed by atoms with Gasteiger partial charge in [0.05, 0.1) is 0 Å². The normalized spacial score (nSPS) is 12.3. The number of aliphatic carboxylic acids is 2. The summed E-state index contributed by atoms with van der Waals surface area (Å²) in [6.07, 6.45) is -0.706. The van der Waals surface area contributed by atoms with Crippen molar-refractivity contribution in [1.29, 1.82) is 0 Å². The predicted molar refractivity (Wildman–Crippen MR) is 157 cm³/mol. The third-order valence-electron chi connectivity index (χ3n) is 6.26. The number of amides is 2. The number of nitrogens with one attached hydrogen (secondary N) is 2. The summed E-state index contributed by atoms with van der Waals surface area (Å²) < 4.78 is 6.14. The SMILES string of the molecule is C[C@H](NC(=O)c1ccc(Oc2ccc(N(CCCl)CCCl)c3ccccc23)cc1)C(=O)N[C@@H](CCC(=O)O)C(=O)O. The Morgan fingerprint density at radius 1 is 0.878 bits per heavy atom. The van der Waals surface area contributed by atoms with Crippen LogP contribution < -0.4 is 20.3 Å². The maximum Gasteiger partial charge on any atom is 0.326 e. The molecule has 0 heterocycles. The molecule has 4 N–H and O–H groups in total. The standard InChI is InChI=1S/C29H31Cl2N3O7/c1-18(27(37)33-23(29(39)40)10-13-26(35)36)32-28(38)19-6-8-20(9-7-19)41-25-12-11-24(34(16-14-30)17-15-31)21-4-2-3-5-22(21)25/h2-9,11-12,18,23H,10,13-17H2,1H3,(H,32,38)(H,33,37)(H,35,36)(H,39,40)/t18-,23-/m0/s1. The highest BCUT2D eigenvalue weighted by Gasteiger charge is 2.25.